The van der Waals surface area contributed by atoms with Gasteiger partial charge in [-0.1, -0.05) is 42.5 Å². The lowest BCUT2D eigenvalue weighted by molar-refractivity contribution is -0.137. The van der Waals surface area contributed by atoms with Crippen molar-refractivity contribution >= 4 is 43.6 Å². The molecule has 92 heavy (non-hydrogen) atoms. The number of nitriles is 10. The van der Waals surface area contributed by atoms with E-state index in [-0.39, 0.29) is 61.2 Å². The van der Waals surface area contributed by atoms with Crippen LogP contribution in [0, 0.1) is 113 Å². The molecule has 11 aromatic carbocycles. The van der Waals surface area contributed by atoms with Crippen LogP contribution in [0.25, 0.3) is 122 Å². The summed E-state index contributed by atoms with van der Waals surface area (Å²) < 4.78 is 47.0. The van der Waals surface area contributed by atoms with E-state index in [1.165, 1.54) is 30.3 Å². The SMILES string of the molecule is N#Cc1cc(C#N)cc(-c2ccc3c(c2)c2cc(-c4cc(C#N)cc(C#N)c4)ccc2n3-c2ccc(C#N)cc2-c2ccc(-c3ccc(C(F)(F)F)cc3C#N)cc2-n2c3ccc(-c4cc(C#N)cc(C#N)c4)cc3c3cc(-c4cc(C#N)cc(C#N)c4)ccc32)c1. The molecule has 0 fully saturated rings. The van der Waals surface area contributed by atoms with Crippen molar-refractivity contribution in [2.45, 2.75) is 6.18 Å². The number of aromatic nitrogens is 2. The first-order valence-electron chi connectivity index (χ1n) is 28.0. The second-order valence-corrected chi connectivity index (χ2v) is 21.6. The molecule has 0 amide bonds. The number of hydrogen-bond acceptors (Lipinski definition) is 10. The van der Waals surface area contributed by atoms with Crippen molar-refractivity contribution in [3.05, 3.63) is 261 Å². The van der Waals surface area contributed by atoms with Crippen LogP contribution in [-0.4, -0.2) is 9.13 Å². The summed E-state index contributed by atoms with van der Waals surface area (Å²) in [6.07, 6.45) is -4.76. The normalized spacial score (nSPS) is 10.9. The van der Waals surface area contributed by atoms with Crippen molar-refractivity contribution in [1.82, 2.24) is 9.13 Å². The summed E-state index contributed by atoms with van der Waals surface area (Å²) in [6.45, 7) is 0. The minimum Gasteiger partial charge on any atom is -0.309 e. The highest BCUT2D eigenvalue weighted by molar-refractivity contribution is 6.14. The molecule has 2 aromatic heterocycles. The summed E-state index contributed by atoms with van der Waals surface area (Å²) in [6, 6.07) is 77.3. The molecular formula is C77H33F3N12. The maximum Gasteiger partial charge on any atom is 0.416 e. The van der Waals surface area contributed by atoms with Crippen LogP contribution in [0.2, 0.25) is 0 Å². The van der Waals surface area contributed by atoms with Gasteiger partial charge in [0.2, 0.25) is 0 Å². The zero-order valence-electron chi connectivity index (χ0n) is 47.6. The first kappa shape index (κ1) is 56.8. The van der Waals surface area contributed by atoms with Crippen molar-refractivity contribution in [1.29, 1.82) is 52.6 Å². The van der Waals surface area contributed by atoms with Crippen molar-refractivity contribution in [2.75, 3.05) is 0 Å². The number of rotatable bonds is 8. The highest BCUT2D eigenvalue weighted by Crippen LogP contribution is 2.46. The van der Waals surface area contributed by atoms with Crippen molar-refractivity contribution in [3.8, 4) is 139 Å². The van der Waals surface area contributed by atoms with E-state index >= 15 is 0 Å². The molecule has 0 bridgehead atoms. The number of nitrogens with zero attached hydrogens (tertiary/aromatic N) is 12. The maximum atomic E-state index is 14.3. The lowest BCUT2D eigenvalue weighted by Crippen LogP contribution is -2.05. The minimum absolute atomic E-state index is 0.194. The Balaban J connectivity index is 1.14. The van der Waals surface area contributed by atoms with Crippen LogP contribution in [0.5, 0.6) is 0 Å². The van der Waals surface area contributed by atoms with Gasteiger partial charge in [-0.15, -0.1) is 0 Å². The third-order valence-corrected chi connectivity index (χ3v) is 16.3. The lowest BCUT2D eigenvalue weighted by atomic mass is 9.93. The first-order chi connectivity index (χ1) is 44.7. The predicted molar refractivity (Wildman–Crippen MR) is 340 cm³/mol. The standard InChI is InChI=1S/C77H33F3N12/c78-77(79,80)63-7-9-64(62(28-63)43-90)57-2-8-65(76(33-57)92-74-13-5-55(60-23-49(39-86)17-50(24-60)40-87)31-69(74)70-32-56(6-14-75(70)92)61-25-51(41-88)18-52(26-61)42-89)66-27-44(34-81)1-10-71(66)91-72-11-3-53(58-19-45(35-82)15-46(20-58)36-83)29-67(72)68-30-54(4-12-73(68)91)59-21-47(37-84)16-48(22-59)38-85/h1-33H. The number of benzene rings is 11. The summed E-state index contributed by atoms with van der Waals surface area (Å²) >= 11 is 0. The third-order valence-electron chi connectivity index (χ3n) is 16.3. The van der Waals surface area contributed by atoms with E-state index in [0.29, 0.717) is 116 Å². The van der Waals surface area contributed by atoms with Crippen LogP contribution >= 0.6 is 0 Å². The molecule has 0 N–H and O–H groups in total. The summed E-state index contributed by atoms with van der Waals surface area (Å²) in [7, 11) is 0. The van der Waals surface area contributed by atoms with E-state index in [0.717, 1.165) is 12.1 Å². The van der Waals surface area contributed by atoms with Crippen molar-refractivity contribution in [2.24, 2.45) is 0 Å². The molecule has 0 spiro atoms. The average molecular weight is 1180 g/mol. The molecule has 0 aliphatic rings. The first-order valence-corrected chi connectivity index (χ1v) is 28.0. The molecule has 12 nitrogen and oxygen atoms in total. The van der Waals surface area contributed by atoms with Crippen LogP contribution in [0.4, 0.5) is 13.2 Å². The second-order valence-electron chi connectivity index (χ2n) is 21.6. The van der Waals surface area contributed by atoms with Gasteiger partial charge in [0.15, 0.2) is 0 Å². The Morgan fingerprint density at radius 2 is 0.565 bits per heavy atom. The number of alkyl halides is 3. The van der Waals surface area contributed by atoms with Gasteiger partial charge < -0.3 is 9.13 Å². The quantitative estimate of drug-likeness (QED) is 0.139. The molecule has 2 heterocycles. The monoisotopic (exact) mass is 1180 g/mol. The summed E-state index contributed by atoms with van der Waals surface area (Å²) in [5.74, 6) is 0. The molecular weight excluding hydrogens is 1150 g/mol. The maximum absolute atomic E-state index is 14.3. The summed E-state index contributed by atoms with van der Waals surface area (Å²) in [4.78, 5) is 0. The molecule has 422 valence electrons. The molecule has 0 unspecified atom stereocenters. The molecule has 0 saturated carbocycles. The fourth-order valence-corrected chi connectivity index (χ4v) is 12.2. The number of fused-ring (bicyclic) bond motifs is 6. The molecule has 0 atom stereocenters. The Bertz CT molecular complexity index is 5510. The highest BCUT2D eigenvalue weighted by Gasteiger charge is 2.32. The lowest BCUT2D eigenvalue weighted by Gasteiger charge is -2.20. The summed E-state index contributed by atoms with van der Waals surface area (Å²) in [5.41, 5.74) is 11.3. The second kappa shape index (κ2) is 22.5. The molecule has 13 rings (SSSR count). The van der Waals surface area contributed by atoms with Gasteiger partial charge in [-0.2, -0.15) is 65.8 Å². The predicted octanol–water partition coefficient (Wildman–Crippen LogP) is 17.6. The van der Waals surface area contributed by atoms with E-state index in [2.05, 4.69) is 54.6 Å². The Hall–Kier alpha value is -14.3. The Morgan fingerprint density at radius 3 is 0.891 bits per heavy atom. The fraction of sp³-hybridized carbons (Fsp3) is 0.0130. The van der Waals surface area contributed by atoms with Crippen LogP contribution in [0.15, 0.2) is 200 Å². The van der Waals surface area contributed by atoms with Crippen molar-refractivity contribution < 1.29 is 13.2 Å². The molecule has 0 aliphatic carbocycles. The van der Waals surface area contributed by atoms with E-state index < -0.39 is 11.7 Å². The largest absolute Gasteiger partial charge is 0.416 e. The van der Waals surface area contributed by atoms with Gasteiger partial charge in [-0.25, -0.2) is 0 Å². The third kappa shape index (κ3) is 9.89. The zero-order chi connectivity index (χ0) is 64.1. The van der Waals surface area contributed by atoms with E-state index in [9.17, 15) is 65.8 Å². The molecule has 15 heteroatoms. The van der Waals surface area contributed by atoms with E-state index in [1.807, 2.05) is 94.1 Å². The van der Waals surface area contributed by atoms with Gasteiger partial charge in [-0.3, -0.25) is 0 Å². The van der Waals surface area contributed by atoms with E-state index in [4.69, 9.17) is 0 Å². The Labute approximate surface area is 522 Å². The highest BCUT2D eigenvalue weighted by atomic mass is 19.4. The summed E-state index contributed by atoms with van der Waals surface area (Å²) in [5, 5.41) is 104. The van der Waals surface area contributed by atoms with Gasteiger partial charge in [-0.05, 0) is 213 Å². The molecule has 13 aromatic rings. The van der Waals surface area contributed by atoms with Gasteiger partial charge >= 0.3 is 6.18 Å². The van der Waals surface area contributed by atoms with Crippen LogP contribution in [0.1, 0.15) is 61.2 Å². The average Bonchev–Trinajstić information content (AvgIpc) is 1.55. The van der Waals surface area contributed by atoms with E-state index in [1.54, 1.807) is 78.9 Å². The minimum atomic E-state index is -4.76. The number of halogens is 3. The molecule has 0 radical (unpaired) electrons. The van der Waals surface area contributed by atoms with Crippen LogP contribution in [-0.2, 0) is 6.18 Å². The number of hydrogen-bond donors (Lipinski definition) is 0. The van der Waals surface area contributed by atoms with Crippen molar-refractivity contribution in [3.63, 3.8) is 0 Å². The topological polar surface area (TPSA) is 248 Å². The van der Waals surface area contributed by atoms with Gasteiger partial charge in [0.1, 0.15) is 0 Å². The molecule has 0 saturated heterocycles. The van der Waals surface area contributed by atoms with Gasteiger partial charge in [0.25, 0.3) is 0 Å². The smallest absolute Gasteiger partial charge is 0.309 e. The Kier molecular flexibility index (Phi) is 13.9. The Morgan fingerprint density at radius 1 is 0.239 bits per heavy atom. The molecule has 0 aliphatic heterocycles. The zero-order valence-corrected chi connectivity index (χ0v) is 47.6. The van der Waals surface area contributed by atoms with Gasteiger partial charge in [0, 0.05) is 32.7 Å². The fourth-order valence-electron chi connectivity index (χ4n) is 12.2. The van der Waals surface area contributed by atoms with Gasteiger partial charge in [0.05, 0.1) is 155 Å². The van der Waals surface area contributed by atoms with Crippen LogP contribution in [0.3, 0.4) is 0 Å². The van der Waals surface area contributed by atoms with Crippen LogP contribution < -0.4 is 0 Å².